The maximum Gasteiger partial charge on any atom is 0.382 e. The Hall–Kier alpha value is -1.27. The Bertz CT molecular complexity index is 327. The van der Waals surface area contributed by atoms with E-state index in [1.165, 1.54) is 0 Å². The van der Waals surface area contributed by atoms with Gasteiger partial charge in [-0.3, -0.25) is 0 Å². The Balaban J connectivity index is 2.82. The average molecular weight is 166 g/mol. The van der Waals surface area contributed by atoms with Crippen LogP contribution in [0.2, 0.25) is 0 Å². The normalized spacial score (nSPS) is 8.45. The van der Waals surface area contributed by atoms with Crippen LogP contribution < -0.4 is 0 Å². The molecule has 1 rings (SSSR count). The Morgan fingerprint density at radius 3 is 2.91 bits per heavy atom. The molecule has 0 aromatic carbocycles. The van der Waals surface area contributed by atoms with E-state index in [0.29, 0.717) is 0 Å². The number of carbonyl (C=O) groups is 1. The molecule has 0 saturated carbocycles. The SMILES string of the molecule is Cc1cc(C#CC(=O)O)cs1. The Kier molecular flexibility index (Phi) is 2.29. The van der Waals surface area contributed by atoms with Crippen LogP contribution in [0.25, 0.3) is 0 Å². The summed E-state index contributed by atoms with van der Waals surface area (Å²) in [6, 6.07) is 1.86. The highest BCUT2D eigenvalue weighted by Gasteiger charge is 1.90. The predicted molar refractivity (Wildman–Crippen MR) is 43.6 cm³/mol. The molecule has 0 spiro atoms. The second kappa shape index (κ2) is 3.22. The van der Waals surface area contributed by atoms with Gasteiger partial charge in [-0.15, -0.1) is 11.3 Å². The summed E-state index contributed by atoms with van der Waals surface area (Å²) in [5, 5.41) is 10.0. The molecule has 0 aliphatic carbocycles. The Morgan fingerprint density at radius 1 is 1.73 bits per heavy atom. The van der Waals surface area contributed by atoms with Gasteiger partial charge in [0.1, 0.15) is 0 Å². The minimum atomic E-state index is -1.09. The highest BCUT2D eigenvalue weighted by molar-refractivity contribution is 7.10. The molecule has 0 saturated heterocycles. The molecule has 1 aromatic heterocycles. The van der Waals surface area contributed by atoms with Crippen molar-refractivity contribution in [2.24, 2.45) is 0 Å². The first-order valence-corrected chi connectivity index (χ1v) is 3.86. The van der Waals surface area contributed by atoms with Gasteiger partial charge in [-0.1, -0.05) is 5.92 Å². The van der Waals surface area contributed by atoms with Crippen molar-refractivity contribution < 1.29 is 9.90 Å². The van der Waals surface area contributed by atoms with Crippen LogP contribution in [0.15, 0.2) is 11.4 Å². The van der Waals surface area contributed by atoms with Crippen molar-refractivity contribution in [2.75, 3.05) is 0 Å². The quantitative estimate of drug-likeness (QED) is 0.593. The maximum absolute atomic E-state index is 10.0. The number of aliphatic carboxylic acids is 1. The van der Waals surface area contributed by atoms with Crippen molar-refractivity contribution in [1.29, 1.82) is 0 Å². The fraction of sp³-hybridized carbons (Fsp3) is 0.125. The minimum absolute atomic E-state index is 0.773. The van der Waals surface area contributed by atoms with Crippen LogP contribution in [-0.2, 0) is 4.79 Å². The van der Waals surface area contributed by atoms with E-state index in [0.717, 1.165) is 10.4 Å². The average Bonchev–Trinajstić information content (AvgIpc) is 2.31. The van der Waals surface area contributed by atoms with Gasteiger partial charge in [0, 0.05) is 21.7 Å². The minimum Gasteiger partial charge on any atom is -0.472 e. The molecule has 1 N–H and O–H groups in total. The zero-order valence-corrected chi connectivity index (χ0v) is 6.73. The lowest BCUT2D eigenvalue weighted by Crippen LogP contribution is -1.86. The standard InChI is InChI=1S/C8H6O2S/c1-6-4-7(5-11-6)2-3-8(9)10/h4-5H,1H3,(H,9,10). The topological polar surface area (TPSA) is 37.3 Å². The van der Waals surface area contributed by atoms with Crippen molar-refractivity contribution in [2.45, 2.75) is 6.92 Å². The molecule has 0 amide bonds. The zero-order valence-electron chi connectivity index (χ0n) is 5.92. The smallest absolute Gasteiger partial charge is 0.382 e. The van der Waals surface area contributed by atoms with Crippen molar-refractivity contribution in [3.63, 3.8) is 0 Å². The van der Waals surface area contributed by atoms with Crippen LogP contribution >= 0.6 is 11.3 Å². The third-order valence-electron chi connectivity index (χ3n) is 1.04. The summed E-state index contributed by atoms with van der Waals surface area (Å²) in [7, 11) is 0. The number of carboxylic acid groups (broad SMARTS) is 1. The molecule has 1 heterocycles. The lowest BCUT2D eigenvalue weighted by atomic mass is 10.3. The molecule has 0 unspecified atom stereocenters. The summed E-state index contributed by atoms with van der Waals surface area (Å²) in [6.45, 7) is 1.95. The molecule has 0 aliphatic rings. The number of aryl methyl sites for hydroxylation is 1. The van der Waals surface area contributed by atoms with Crippen LogP contribution in [-0.4, -0.2) is 11.1 Å². The Morgan fingerprint density at radius 2 is 2.45 bits per heavy atom. The molecule has 11 heavy (non-hydrogen) atoms. The van der Waals surface area contributed by atoms with Crippen molar-refractivity contribution in [3.8, 4) is 11.8 Å². The molecule has 3 heteroatoms. The second-order valence-corrected chi connectivity index (χ2v) is 3.12. The molecule has 0 bridgehead atoms. The van der Waals surface area contributed by atoms with E-state index in [1.54, 1.807) is 11.3 Å². The van der Waals surface area contributed by atoms with Crippen LogP contribution in [0.4, 0.5) is 0 Å². The fourth-order valence-corrected chi connectivity index (χ4v) is 1.27. The first-order chi connectivity index (χ1) is 5.18. The van der Waals surface area contributed by atoms with E-state index in [2.05, 4.69) is 5.92 Å². The summed E-state index contributed by atoms with van der Waals surface area (Å²) in [5.41, 5.74) is 0.773. The molecule has 0 fully saturated rings. The first-order valence-electron chi connectivity index (χ1n) is 2.98. The Labute approximate surface area is 68.5 Å². The molecular formula is C8H6O2S. The molecule has 0 atom stereocenters. The van der Waals surface area contributed by atoms with E-state index >= 15 is 0 Å². The summed E-state index contributed by atoms with van der Waals surface area (Å²) >= 11 is 1.56. The van der Waals surface area contributed by atoms with E-state index < -0.39 is 5.97 Å². The van der Waals surface area contributed by atoms with Gasteiger partial charge in [0.15, 0.2) is 0 Å². The molecular weight excluding hydrogens is 160 g/mol. The maximum atomic E-state index is 10.0. The number of carboxylic acids is 1. The molecule has 2 nitrogen and oxygen atoms in total. The van der Waals surface area contributed by atoms with Crippen LogP contribution in [0.3, 0.4) is 0 Å². The number of rotatable bonds is 0. The molecule has 1 aromatic rings. The van der Waals surface area contributed by atoms with E-state index in [-0.39, 0.29) is 0 Å². The lowest BCUT2D eigenvalue weighted by molar-refractivity contribution is -0.130. The zero-order chi connectivity index (χ0) is 8.27. The summed E-state index contributed by atoms with van der Waals surface area (Å²) < 4.78 is 0. The van der Waals surface area contributed by atoms with Crippen LogP contribution in [0, 0.1) is 18.8 Å². The van der Waals surface area contributed by atoms with Gasteiger partial charge in [0.25, 0.3) is 0 Å². The molecule has 0 radical (unpaired) electrons. The highest BCUT2D eigenvalue weighted by atomic mass is 32.1. The van der Waals surface area contributed by atoms with Crippen LogP contribution in [0.5, 0.6) is 0 Å². The van der Waals surface area contributed by atoms with Gasteiger partial charge < -0.3 is 5.11 Å². The molecule has 56 valence electrons. The molecule has 0 aliphatic heterocycles. The van der Waals surface area contributed by atoms with Gasteiger partial charge >= 0.3 is 5.97 Å². The first kappa shape index (κ1) is 7.83. The summed E-state index contributed by atoms with van der Waals surface area (Å²) in [6.07, 6.45) is 0. The monoisotopic (exact) mass is 166 g/mol. The van der Waals surface area contributed by atoms with Gasteiger partial charge in [-0.2, -0.15) is 0 Å². The van der Waals surface area contributed by atoms with E-state index in [1.807, 2.05) is 24.3 Å². The number of thiophene rings is 1. The van der Waals surface area contributed by atoms with Crippen LogP contribution in [0.1, 0.15) is 10.4 Å². The highest BCUT2D eigenvalue weighted by Crippen LogP contribution is 2.11. The van der Waals surface area contributed by atoms with Gasteiger partial charge in [0.2, 0.25) is 0 Å². The van der Waals surface area contributed by atoms with Crippen molar-refractivity contribution in [3.05, 3.63) is 21.9 Å². The summed E-state index contributed by atoms with van der Waals surface area (Å²) in [5.74, 6) is 3.49. The van der Waals surface area contributed by atoms with Gasteiger partial charge in [-0.05, 0) is 13.0 Å². The third kappa shape index (κ3) is 2.44. The lowest BCUT2D eigenvalue weighted by Gasteiger charge is -1.74. The van der Waals surface area contributed by atoms with Crippen molar-refractivity contribution >= 4 is 17.3 Å². The van der Waals surface area contributed by atoms with Gasteiger partial charge in [0.05, 0.1) is 0 Å². The number of hydrogen-bond acceptors (Lipinski definition) is 2. The van der Waals surface area contributed by atoms with Crippen molar-refractivity contribution in [1.82, 2.24) is 0 Å². The third-order valence-corrected chi connectivity index (χ3v) is 1.91. The predicted octanol–water partition coefficient (Wildman–Crippen LogP) is 1.49. The summed E-state index contributed by atoms with van der Waals surface area (Å²) in [4.78, 5) is 11.1. The van der Waals surface area contributed by atoms with E-state index in [4.69, 9.17) is 5.11 Å². The van der Waals surface area contributed by atoms with E-state index in [9.17, 15) is 4.79 Å². The number of hydrogen-bond donors (Lipinski definition) is 1. The fourth-order valence-electron chi connectivity index (χ4n) is 0.635. The largest absolute Gasteiger partial charge is 0.472 e. The van der Waals surface area contributed by atoms with Gasteiger partial charge in [-0.25, -0.2) is 4.79 Å². The second-order valence-electron chi connectivity index (χ2n) is 2.00.